The molecule has 2 aromatic carbocycles. The average Bonchev–Trinajstić information content (AvgIpc) is 2.74. The molecule has 3 fully saturated rings. The monoisotopic (exact) mass is 361 g/mol. The summed E-state index contributed by atoms with van der Waals surface area (Å²) in [5.74, 6) is 0.521. The summed E-state index contributed by atoms with van der Waals surface area (Å²) in [6, 6.07) is 20.0. The van der Waals surface area contributed by atoms with Crippen LogP contribution >= 0.6 is 0 Å². The van der Waals surface area contributed by atoms with Gasteiger partial charge in [-0.05, 0) is 36.3 Å². The molecule has 3 nitrogen and oxygen atoms in total. The Balaban J connectivity index is 1.73. The Morgan fingerprint density at radius 3 is 2.04 bits per heavy atom. The highest BCUT2D eigenvalue weighted by molar-refractivity contribution is 5.88. The number of piperidine rings is 3. The first-order chi connectivity index (χ1) is 13.2. The highest BCUT2D eigenvalue weighted by Gasteiger charge is 2.45. The number of fused-ring (bicyclic) bond motifs is 3. The largest absolute Gasteiger partial charge is 0.445 e. The standard InChI is InChI=1S/C24H27NO2/c1-2-15-24(20-9-5-3-6-10-20,21-11-7-4-8-12-21)23(26)27-22-18-19-13-16-25(22)17-14-19/h2-12,19,22H,1,13-18H2. The predicted molar refractivity (Wildman–Crippen MR) is 107 cm³/mol. The molecule has 3 heterocycles. The van der Waals surface area contributed by atoms with Crippen LogP contribution in [0.25, 0.3) is 0 Å². The third-order valence-corrected chi connectivity index (χ3v) is 6.17. The molecule has 1 atom stereocenters. The van der Waals surface area contributed by atoms with E-state index < -0.39 is 5.41 Å². The zero-order valence-corrected chi connectivity index (χ0v) is 15.7. The fourth-order valence-electron chi connectivity index (χ4n) is 4.64. The molecule has 27 heavy (non-hydrogen) atoms. The maximum atomic E-state index is 13.7. The van der Waals surface area contributed by atoms with Gasteiger partial charge in [-0.2, -0.15) is 0 Å². The van der Waals surface area contributed by atoms with Crippen molar-refractivity contribution < 1.29 is 9.53 Å². The van der Waals surface area contributed by atoms with Gasteiger partial charge in [-0.15, -0.1) is 6.58 Å². The summed E-state index contributed by atoms with van der Waals surface area (Å²) >= 11 is 0. The molecule has 2 bridgehead atoms. The van der Waals surface area contributed by atoms with E-state index in [1.54, 1.807) is 0 Å². The molecule has 0 amide bonds. The number of hydrogen-bond donors (Lipinski definition) is 0. The summed E-state index contributed by atoms with van der Waals surface area (Å²) in [5.41, 5.74) is 1.05. The van der Waals surface area contributed by atoms with Crippen molar-refractivity contribution >= 4 is 5.97 Å². The molecule has 0 spiro atoms. The van der Waals surface area contributed by atoms with Crippen LogP contribution in [0.15, 0.2) is 73.3 Å². The van der Waals surface area contributed by atoms with Gasteiger partial charge in [0.15, 0.2) is 6.23 Å². The van der Waals surface area contributed by atoms with Crippen LogP contribution in [0.3, 0.4) is 0 Å². The van der Waals surface area contributed by atoms with Gasteiger partial charge in [0.05, 0.1) is 0 Å². The van der Waals surface area contributed by atoms with E-state index in [4.69, 9.17) is 4.74 Å². The quantitative estimate of drug-likeness (QED) is 0.559. The third kappa shape index (κ3) is 3.32. The average molecular weight is 361 g/mol. The molecule has 5 rings (SSSR count). The van der Waals surface area contributed by atoms with E-state index in [0.29, 0.717) is 12.3 Å². The van der Waals surface area contributed by atoms with Gasteiger partial charge in [0, 0.05) is 19.5 Å². The number of rotatable bonds is 6. The van der Waals surface area contributed by atoms with Gasteiger partial charge in [0.1, 0.15) is 5.41 Å². The van der Waals surface area contributed by atoms with E-state index in [-0.39, 0.29) is 12.2 Å². The molecule has 0 aliphatic carbocycles. The fourth-order valence-corrected chi connectivity index (χ4v) is 4.64. The lowest BCUT2D eigenvalue weighted by Crippen LogP contribution is -2.52. The number of hydrogen-bond acceptors (Lipinski definition) is 3. The van der Waals surface area contributed by atoms with Crippen molar-refractivity contribution in [2.45, 2.75) is 37.3 Å². The fraction of sp³-hybridized carbons (Fsp3) is 0.375. The van der Waals surface area contributed by atoms with Crippen molar-refractivity contribution in [1.29, 1.82) is 0 Å². The number of allylic oxidation sites excluding steroid dienone is 1. The maximum Gasteiger partial charge on any atom is 0.322 e. The van der Waals surface area contributed by atoms with E-state index in [9.17, 15) is 4.79 Å². The molecule has 3 heteroatoms. The van der Waals surface area contributed by atoms with E-state index >= 15 is 0 Å². The first-order valence-corrected chi connectivity index (χ1v) is 9.91. The number of ether oxygens (including phenoxy) is 1. The van der Waals surface area contributed by atoms with Gasteiger partial charge >= 0.3 is 5.97 Å². The first kappa shape index (κ1) is 18.0. The number of benzene rings is 2. The molecule has 0 N–H and O–H groups in total. The number of carbonyl (C=O) groups is 1. The smallest absolute Gasteiger partial charge is 0.322 e. The molecule has 3 aliphatic heterocycles. The van der Waals surface area contributed by atoms with Gasteiger partial charge < -0.3 is 4.74 Å². The summed E-state index contributed by atoms with van der Waals surface area (Å²) in [7, 11) is 0. The van der Waals surface area contributed by atoms with Crippen LogP contribution < -0.4 is 0 Å². The summed E-state index contributed by atoms with van der Waals surface area (Å²) in [6.45, 7) is 6.02. The molecule has 140 valence electrons. The van der Waals surface area contributed by atoms with Crippen LogP contribution in [0.2, 0.25) is 0 Å². The molecular formula is C24H27NO2. The van der Waals surface area contributed by atoms with Crippen LogP contribution in [0, 0.1) is 5.92 Å². The molecule has 0 aromatic heterocycles. The van der Waals surface area contributed by atoms with E-state index in [0.717, 1.165) is 30.6 Å². The summed E-state index contributed by atoms with van der Waals surface area (Å²) in [5, 5.41) is 0. The Bertz CT molecular complexity index is 739. The van der Waals surface area contributed by atoms with Gasteiger partial charge in [-0.1, -0.05) is 66.7 Å². The van der Waals surface area contributed by atoms with Crippen molar-refractivity contribution in [3.05, 3.63) is 84.4 Å². The highest BCUT2D eigenvalue weighted by Crippen LogP contribution is 2.40. The number of carbonyl (C=O) groups excluding carboxylic acids is 1. The van der Waals surface area contributed by atoms with Gasteiger partial charge in [-0.25, -0.2) is 0 Å². The molecule has 0 saturated carbocycles. The second kappa shape index (κ2) is 7.69. The molecule has 1 unspecified atom stereocenters. The van der Waals surface area contributed by atoms with Crippen LogP contribution in [0.1, 0.15) is 36.8 Å². The maximum absolute atomic E-state index is 13.7. The van der Waals surface area contributed by atoms with Crippen molar-refractivity contribution in [2.75, 3.05) is 13.1 Å². The zero-order chi connectivity index (χ0) is 18.7. The van der Waals surface area contributed by atoms with Crippen molar-refractivity contribution in [3.63, 3.8) is 0 Å². The topological polar surface area (TPSA) is 29.5 Å². The number of esters is 1. The van der Waals surface area contributed by atoms with Crippen molar-refractivity contribution in [1.82, 2.24) is 4.90 Å². The van der Waals surface area contributed by atoms with Crippen LogP contribution in [-0.2, 0) is 14.9 Å². The summed E-state index contributed by atoms with van der Waals surface area (Å²) in [4.78, 5) is 16.0. The minimum Gasteiger partial charge on any atom is -0.445 e. The Kier molecular flexibility index (Phi) is 5.13. The minimum absolute atomic E-state index is 0.0957. The normalized spacial score (nSPS) is 24.4. The molecule has 0 radical (unpaired) electrons. The molecule has 2 aromatic rings. The summed E-state index contributed by atoms with van der Waals surface area (Å²) < 4.78 is 6.19. The Morgan fingerprint density at radius 1 is 1.04 bits per heavy atom. The lowest BCUT2D eigenvalue weighted by atomic mass is 9.72. The van der Waals surface area contributed by atoms with Crippen LogP contribution in [-0.4, -0.2) is 30.2 Å². The van der Waals surface area contributed by atoms with Gasteiger partial charge in [0.25, 0.3) is 0 Å². The van der Waals surface area contributed by atoms with E-state index in [2.05, 4.69) is 11.5 Å². The van der Waals surface area contributed by atoms with Gasteiger partial charge in [-0.3, -0.25) is 9.69 Å². The minimum atomic E-state index is -0.859. The van der Waals surface area contributed by atoms with E-state index in [1.807, 2.05) is 66.7 Å². The SMILES string of the molecule is C=CCC(C(=O)OC1CC2CCN1CC2)(c1ccccc1)c1ccccc1. The van der Waals surface area contributed by atoms with Gasteiger partial charge in [0.2, 0.25) is 0 Å². The molecular weight excluding hydrogens is 334 g/mol. The molecule has 3 aliphatic rings. The lowest BCUT2D eigenvalue weighted by molar-refractivity contribution is -0.175. The highest BCUT2D eigenvalue weighted by atomic mass is 16.6. The Hall–Kier alpha value is -2.39. The van der Waals surface area contributed by atoms with Crippen molar-refractivity contribution in [2.24, 2.45) is 5.92 Å². The molecule has 3 saturated heterocycles. The number of nitrogens with zero attached hydrogens (tertiary/aromatic N) is 1. The van der Waals surface area contributed by atoms with Crippen LogP contribution in [0.4, 0.5) is 0 Å². The second-order valence-corrected chi connectivity index (χ2v) is 7.71. The second-order valence-electron chi connectivity index (χ2n) is 7.71. The Labute approximate surface area is 161 Å². The predicted octanol–water partition coefficient (Wildman–Crippen LogP) is 4.53. The third-order valence-electron chi connectivity index (χ3n) is 6.17. The zero-order valence-electron chi connectivity index (χ0n) is 15.7. The first-order valence-electron chi connectivity index (χ1n) is 9.91. The van der Waals surface area contributed by atoms with Crippen LogP contribution in [0.5, 0.6) is 0 Å². The Morgan fingerprint density at radius 2 is 1.59 bits per heavy atom. The van der Waals surface area contributed by atoms with E-state index in [1.165, 1.54) is 12.8 Å². The lowest BCUT2D eigenvalue weighted by Gasteiger charge is -2.45. The summed E-state index contributed by atoms with van der Waals surface area (Å²) in [6.07, 6.45) is 5.65. The van der Waals surface area contributed by atoms with Crippen molar-refractivity contribution in [3.8, 4) is 0 Å².